The number of rotatable bonds is 5. The van der Waals surface area contributed by atoms with Gasteiger partial charge in [0, 0.05) is 13.1 Å². The van der Waals surface area contributed by atoms with Crippen LogP contribution in [0.3, 0.4) is 0 Å². The Kier molecular flexibility index (Phi) is 6.01. The Bertz CT molecular complexity index is 519. The number of allylic oxidation sites excluding steroid dienone is 1. The normalized spacial score (nSPS) is 15.9. The van der Waals surface area contributed by atoms with Crippen molar-refractivity contribution in [2.45, 2.75) is 25.9 Å². The highest BCUT2D eigenvalue weighted by Crippen LogP contribution is 2.19. The van der Waals surface area contributed by atoms with Crippen molar-refractivity contribution in [1.82, 2.24) is 4.90 Å². The van der Waals surface area contributed by atoms with Gasteiger partial charge >= 0.3 is 12.1 Å². The van der Waals surface area contributed by atoms with E-state index in [0.29, 0.717) is 19.0 Å². The number of carbonyl (C=O) groups is 2. The van der Waals surface area contributed by atoms with Crippen molar-refractivity contribution in [3.05, 3.63) is 48.0 Å². The predicted molar refractivity (Wildman–Crippen MR) is 82.3 cm³/mol. The lowest BCUT2D eigenvalue weighted by atomic mass is 9.96. The molecule has 1 aliphatic heterocycles. The quantitative estimate of drug-likeness (QED) is 0.849. The van der Waals surface area contributed by atoms with Gasteiger partial charge in [0.05, 0.1) is 6.42 Å². The molecule has 1 aromatic rings. The van der Waals surface area contributed by atoms with Crippen molar-refractivity contribution >= 4 is 12.1 Å². The van der Waals surface area contributed by atoms with E-state index in [-0.39, 0.29) is 19.1 Å². The Morgan fingerprint density at radius 1 is 1.23 bits per heavy atom. The lowest BCUT2D eigenvalue weighted by Gasteiger charge is -2.29. The molecular weight excluding hydrogens is 282 g/mol. The maximum absolute atomic E-state index is 12.0. The summed E-state index contributed by atoms with van der Waals surface area (Å²) in [5.74, 6) is -0.476. The molecule has 1 amide bonds. The van der Waals surface area contributed by atoms with E-state index in [0.717, 1.165) is 18.4 Å². The van der Waals surface area contributed by atoms with Crippen LogP contribution in [0.15, 0.2) is 42.5 Å². The summed E-state index contributed by atoms with van der Waals surface area (Å²) < 4.78 is 5.31. The van der Waals surface area contributed by atoms with Gasteiger partial charge in [0.15, 0.2) is 0 Å². The third-order valence-corrected chi connectivity index (χ3v) is 3.70. The molecule has 5 nitrogen and oxygen atoms in total. The molecule has 1 heterocycles. The van der Waals surface area contributed by atoms with E-state index in [1.54, 1.807) is 11.0 Å². The second kappa shape index (κ2) is 8.22. The molecule has 0 spiro atoms. The number of carbonyl (C=O) groups excluding carboxylic acids is 1. The summed E-state index contributed by atoms with van der Waals surface area (Å²) in [6.07, 6.45) is 5.10. The minimum atomic E-state index is -0.821. The summed E-state index contributed by atoms with van der Waals surface area (Å²) in [4.78, 5) is 24.2. The number of carboxylic acids is 1. The molecule has 1 N–H and O–H groups in total. The second-order valence-corrected chi connectivity index (χ2v) is 5.39. The lowest BCUT2D eigenvalue weighted by Crippen LogP contribution is -2.38. The van der Waals surface area contributed by atoms with Crippen LogP contribution < -0.4 is 0 Å². The number of carboxylic acid groups (broad SMARTS) is 1. The van der Waals surface area contributed by atoms with Crippen LogP contribution in [-0.2, 0) is 16.1 Å². The molecular formula is C17H21NO4. The van der Waals surface area contributed by atoms with Gasteiger partial charge in [-0.05, 0) is 24.3 Å². The first-order valence-electron chi connectivity index (χ1n) is 7.49. The number of likely N-dealkylation sites (tertiary alicyclic amines) is 1. The zero-order chi connectivity index (χ0) is 15.8. The number of amides is 1. The van der Waals surface area contributed by atoms with E-state index >= 15 is 0 Å². The highest BCUT2D eigenvalue weighted by Gasteiger charge is 2.22. The maximum Gasteiger partial charge on any atom is 0.410 e. The van der Waals surface area contributed by atoms with Gasteiger partial charge in [0.25, 0.3) is 0 Å². The maximum atomic E-state index is 12.0. The predicted octanol–water partition coefficient (Wildman–Crippen LogP) is 3.07. The molecule has 118 valence electrons. The van der Waals surface area contributed by atoms with Gasteiger partial charge in [0.1, 0.15) is 6.61 Å². The first-order valence-corrected chi connectivity index (χ1v) is 7.49. The molecule has 1 aromatic carbocycles. The van der Waals surface area contributed by atoms with E-state index in [2.05, 4.69) is 0 Å². The number of piperidine rings is 1. The van der Waals surface area contributed by atoms with E-state index in [4.69, 9.17) is 9.84 Å². The highest BCUT2D eigenvalue weighted by molar-refractivity contribution is 5.68. The Labute approximate surface area is 130 Å². The summed E-state index contributed by atoms with van der Waals surface area (Å²) in [5, 5.41) is 8.59. The van der Waals surface area contributed by atoms with E-state index in [1.165, 1.54) is 0 Å². The molecule has 0 unspecified atom stereocenters. The summed E-state index contributed by atoms with van der Waals surface area (Å²) in [7, 11) is 0. The molecule has 1 aliphatic rings. The van der Waals surface area contributed by atoms with Crippen LogP contribution in [0, 0.1) is 5.92 Å². The Morgan fingerprint density at radius 2 is 1.91 bits per heavy atom. The van der Waals surface area contributed by atoms with Crippen LogP contribution in [0.2, 0.25) is 0 Å². The largest absolute Gasteiger partial charge is 0.481 e. The first-order chi connectivity index (χ1) is 10.6. The first kappa shape index (κ1) is 16.1. The van der Waals surface area contributed by atoms with E-state index < -0.39 is 5.97 Å². The van der Waals surface area contributed by atoms with Crippen LogP contribution in [0.5, 0.6) is 0 Å². The standard InChI is InChI=1S/C17H21NO4/c19-16(20)8-4-7-14-9-11-18(12-10-14)17(21)22-13-15-5-2-1-3-6-15/h1-7,14H,8-13H2,(H,19,20). The summed E-state index contributed by atoms with van der Waals surface area (Å²) in [6, 6.07) is 9.60. The second-order valence-electron chi connectivity index (χ2n) is 5.39. The molecule has 2 rings (SSSR count). The minimum absolute atomic E-state index is 0.0549. The Hall–Kier alpha value is -2.30. The number of hydrogen-bond donors (Lipinski definition) is 1. The molecule has 5 heteroatoms. The molecule has 0 radical (unpaired) electrons. The summed E-state index contributed by atoms with van der Waals surface area (Å²) in [6.45, 7) is 1.59. The molecule has 0 saturated carbocycles. The van der Waals surface area contributed by atoms with Crippen molar-refractivity contribution in [2.75, 3.05) is 13.1 Å². The van der Waals surface area contributed by atoms with Crippen molar-refractivity contribution in [3.63, 3.8) is 0 Å². The molecule has 1 saturated heterocycles. The van der Waals surface area contributed by atoms with Gasteiger partial charge in [-0.3, -0.25) is 4.79 Å². The van der Waals surface area contributed by atoms with Gasteiger partial charge < -0.3 is 14.7 Å². The van der Waals surface area contributed by atoms with Crippen LogP contribution in [0.1, 0.15) is 24.8 Å². The van der Waals surface area contributed by atoms with Crippen LogP contribution in [-0.4, -0.2) is 35.2 Å². The third-order valence-electron chi connectivity index (χ3n) is 3.70. The van der Waals surface area contributed by atoms with Crippen LogP contribution in [0.4, 0.5) is 4.79 Å². The van der Waals surface area contributed by atoms with Crippen molar-refractivity contribution < 1.29 is 19.4 Å². The molecule has 0 bridgehead atoms. The van der Waals surface area contributed by atoms with Crippen LogP contribution >= 0.6 is 0 Å². The van der Waals surface area contributed by atoms with Gasteiger partial charge in [0.2, 0.25) is 0 Å². The fraction of sp³-hybridized carbons (Fsp3) is 0.412. The number of hydrogen-bond acceptors (Lipinski definition) is 3. The molecule has 0 atom stereocenters. The van der Waals surface area contributed by atoms with Gasteiger partial charge in [-0.1, -0.05) is 42.5 Å². The summed E-state index contributed by atoms with van der Waals surface area (Å²) in [5.41, 5.74) is 0.974. The van der Waals surface area contributed by atoms with E-state index in [9.17, 15) is 9.59 Å². The van der Waals surface area contributed by atoms with Crippen LogP contribution in [0.25, 0.3) is 0 Å². The van der Waals surface area contributed by atoms with Gasteiger partial charge in [-0.25, -0.2) is 4.79 Å². The Morgan fingerprint density at radius 3 is 2.55 bits per heavy atom. The van der Waals surface area contributed by atoms with Crippen molar-refractivity contribution in [1.29, 1.82) is 0 Å². The lowest BCUT2D eigenvalue weighted by molar-refractivity contribution is -0.136. The SMILES string of the molecule is O=C(O)CC=CC1CCN(C(=O)OCc2ccccc2)CC1. The average Bonchev–Trinajstić information content (AvgIpc) is 2.54. The molecule has 1 fully saturated rings. The highest BCUT2D eigenvalue weighted by atomic mass is 16.6. The zero-order valence-electron chi connectivity index (χ0n) is 12.5. The number of benzene rings is 1. The fourth-order valence-corrected chi connectivity index (χ4v) is 2.45. The fourth-order valence-electron chi connectivity index (χ4n) is 2.45. The van der Waals surface area contributed by atoms with Crippen molar-refractivity contribution in [3.8, 4) is 0 Å². The minimum Gasteiger partial charge on any atom is -0.481 e. The van der Waals surface area contributed by atoms with Gasteiger partial charge in [-0.15, -0.1) is 0 Å². The topological polar surface area (TPSA) is 66.8 Å². The zero-order valence-corrected chi connectivity index (χ0v) is 12.5. The van der Waals surface area contributed by atoms with E-state index in [1.807, 2.05) is 36.4 Å². The smallest absolute Gasteiger partial charge is 0.410 e. The average molecular weight is 303 g/mol. The Balaban J connectivity index is 1.71. The van der Waals surface area contributed by atoms with Crippen molar-refractivity contribution in [2.24, 2.45) is 5.92 Å². The molecule has 0 aromatic heterocycles. The molecule has 22 heavy (non-hydrogen) atoms. The number of aliphatic carboxylic acids is 1. The van der Waals surface area contributed by atoms with Gasteiger partial charge in [-0.2, -0.15) is 0 Å². The molecule has 0 aliphatic carbocycles. The number of nitrogens with zero attached hydrogens (tertiary/aromatic N) is 1. The number of ether oxygens (including phenoxy) is 1. The summed E-state index contributed by atoms with van der Waals surface area (Å²) >= 11 is 0. The third kappa shape index (κ3) is 5.24. The monoisotopic (exact) mass is 303 g/mol.